The van der Waals surface area contributed by atoms with Crippen LogP contribution in [-0.4, -0.2) is 28.8 Å². The summed E-state index contributed by atoms with van der Waals surface area (Å²) in [6.07, 6.45) is -4.23. The number of hydrogen-bond donors (Lipinski definition) is 1. The van der Waals surface area contributed by atoms with E-state index in [-0.39, 0.29) is 19.2 Å². The maximum atomic E-state index is 12.3. The largest absolute Gasteiger partial charge is 0.462 e. The van der Waals surface area contributed by atoms with Crippen molar-refractivity contribution in [3.8, 4) is 0 Å². The number of nitrogens with zero attached hydrogens (tertiary/aromatic N) is 1. The molecule has 0 saturated carbocycles. The van der Waals surface area contributed by atoms with Crippen molar-refractivity contribution >= 4 is 0 Å². The number of hydrogen-bond acceptors (Lipinski definition) is 3. The number of rotatable bonds is 5. The van der Waals surface area contributed by atoms with Gasteiger partial charge in [-0.3, -0.25) is 4.90 Å². The molecule has 98 valence electrons. The first-order chi connectivity index (χ1) is 7.81. The zero-order valence-corrected chi connectivity index (χ0v) is 9.79. The third kappa shape index (κ3) is 4.79. The van der Waals surface area contributed by atoms with Gasteiger partial charge in [0.15, 0.2) is 0 Å². The lowest BCUT2D eigenvalue weighted by Crippen LogP contribution is -2.38. The first-order valence-electron chi connectivity index (χ1n) is 5.31. The van der Waals surface area contributed by atoms with Gasteiger partial charge in [-0.15, -0.1) is 0 Å². The van der Waals surface area contributed by atoms with Gasteiger partial charge in [-0.2, -0.15) is 13.2 Å². The van der Waals surface area contributed by atoms with Gasteiger partial charge in [0.1, 0.15) is 18.1 Å². The second kappa shape index (κ2) is 5.55. The van der Waals surface area contributed by atoms with Crippen molar-refractivity contribution in [3.05, 3.63) is 23.7 Å². The van der Waals surface area contributed by atoms with Crippen molar-refractivity contribution in [1.29, 1.82) is 0 Å². The Morgan fingerprint density at radius 1 is 1.29 bits per heavy atom. The SMILES string of the molecule is CC(C)N(Cc1ccc(CO)o1)CC(F)(F)F. The molecule has 0 unspecified atom stereocenters. The summed E-state index contributed by atoms with van der Waals surface area (Å²) in [6.45, 7) is 2.25. The third-order valence-corrected chi connectivity index (χ3v) is 2.34. The van der Waals surface area contributed by atoms with Gasteiger partial charge in [0.2, 0.25) is 0 Å². The van der Waals surface area contributed by atoms with Crippen LogP contribution >= 0.6 is 0 Å². The van der Waals surface area contributed by atoms with E-state index < -0.39 is 12.7 Å². The molecule has 0 aliphatic carbocycles. The molecule has 1 N–H and O–H groups in total. The van der Waals surface area contributed by atoms with Gasteiger partial charge in [-0.25, -0.2) is 0 Å². The molecule has 0 aromatic carbocycles. The van der Waals surface area contributed by atoms with E-state index in [4.69, 9.17) is 9.52 Å². The zero-order chi connectivity index (χ0) is 13.1. The molecule has 0 atom stereocenters. The van der Waals surface area contributed by atoms with E-state index in [9.17, 15) is 13.2 Å². The summed E-state index contributed by atoms with van der Waals surface area (Å²) in [5.41, 5.74) is 0. The van der Waals surface area contributed by atoms with Crippen molar-refractivity contribution in [2.24, 2.45) is 0 Å². The van der Waals surface area contributed by atoms with Crippen LogP contribution in [0, 0.1) is 0 Å². The van der Waals surface area contributed by atoms with E-state index in [1.807, 2.05) is 0 Å². The summed E-state index contributed by atoms with van der Waals surface area (Å²) in [5.74, 6) is 0.780. The van der Waals surface area contributed by atoms with Gasteiger partial charge in [0.25, 0.3) is 0 Å². The molecule has 1 rings (SSSR count). The normalized spacial score (nSPS) is 12.7. The molecular formula is C11H16F3NO2. The highest BCUT2D eigenvalue weighted by atomic mass is 19.4. The Hall–Kier alpha value is -1.01. The molecule has 0 fully saturated rings. The van der Waals surface area contributed by atoms with Crippen molar-refractivity contribution in [2.75, 3.05) is 6.54 Å². The minimum atomic E-state index is -4.23. The van der Waals surface area contributed by atoms with Crippen LogP contribution in [0.3, 0.4) is 0 Å². The molecule has 1 heterocycles. The van der Waals surface area contributed by atoms with Gasteiger partial charge in [0.05, 0.1) is 13.1 Å². The minimum Gasteiger partial charge on any atom is -0.462 e. The molecule has 0 bridgehead atoms. The Bertz CT molecular complexity index is 347. The van der Waals surface area contributed by atoms with Gasteiger partial charge >= 0.3 is 6.18 Å². The Morgan fingerprint density at radius 2 is 1.88 bits per heavy atom. The van der Waals surface area contributed by atoms with Crippen molar-refractivity contribution in [1.82, 2.24) is 4.90 Å². The predicted octanol–water partition coefficient (Wildman–Crippen LogP) is 2.54. The highest BCUT2D eigenvalue weighted by Gasteiger charge is 2.32. The second-order valence-electron chi connectivity index (χ2n) is 4.14. The predicted molar refractivity (Wildman–Crippen MR) is 56.2 cm³/mol. The number of aliphatic hydroxyl groups is 1. The molecule has 0 amide bonds. The Balaban J connectivity index is 2.66. The van der Waals surface area contributed by atoms with Crippen LogP contribution in [0.5, 0.6) is 0 Å². The topological polar surface area (TPSA) is 36.6 Å². The summed E-state index contributed by atoms with van der Waals surface area (Å²) in [5, 5.41) is 8.79. The highest BCUT2D eigenvalue weighted by molar-refractivity contribution is 5.06. The molecule has 17 heavy (non-hydrogen) atoms. The van der Waals surface area contributed by atoms with E-state index >= 15 is 0 Å². The van der Waals surface area contributed by atoms with E-state index in [1.165, 1.54) is 4.90 Å². The van der Waals surface area contributed by atoms with E-state index in [2.05, 4.69) is 0 Å². The van der Waals surface area contributed by atoms with Crippen LogP contribution in [0.25, 0.3) is 0 Å². The zero-order valence-electron chi connectivity index (χ0n) is 9.79. The molecule has 0 radical (unpaired) electrons. The Kier molecular flexibility index (Phi) is 4.59. The molecule has 0 aliphatic rings. The standard InChI is InChI=1S/C11H16F3NO2/c1-8(2)15(7-11(12,13)14)5-9-3-4-10(6-16)17-9/h3-4,8,16H,5-7H2,1-2H3. The fraction of sp³-hybridized carbons (Fsp3) is 0.636. The molecule has 0 saturated heterocycles. The fourth-order valence-electron chi connectivity index (χ4n) is 1.44. The smallest absolute Gasteiger partial charge is 0.401 e. The van der Waals surface area contributed by atoms with Crippen LogP contribution in [0.15, 0.2) is 16.5 Å². The molecule has 1 aromatic heterocycles. The number of aliphatic hydroxyl groups excluding tert-OH is 1. The highest BCUT2D eigenvalue weighted by Crippen LogP contribution is 2.20. The van der Waals surface area contributed by atoms with Gasteiger partial charge in [-0.1, -0.05) is 0 Å². The maximum Gasteiger partial charge on any atom is 0.401 e. The summed E-state index contributed by atoms with van der Waals surface area (Å²) in [6, 6.07) is 2.90. The minimum absolute atomic E-state index is 0.0805. The second-order valence-corrected chi connectivity index (χ2v) is 4.14. The van der Waals surface area contributed by atoms with E-state index in [0.29, 0.717) is 11.5 Å². The van der Waals surface area contributed by atoms with Gasteiger partial charge in [-0.05, 0) is 26.0 Å². The average Bonchev–Trinajstić information content (AvgIpc) is 2.62. The quantitative estimate of drug-likeness (QED) is 0.873. The Morgan fingerprint density at radius 3 is 2.29 bits per heavy atom. The monoisotopic (exact) mass is 251 g/mol. The fourth-order valence-corrected chi connectivity index (χ4v) is 1.44. The molecular weight excluding hydrogens is 235 g/mol. The summed E-state index contributed by atoms with van der Waals surface area (Å²) < 4.78 is 42.2. The summed E-state index contributed by atoms with van der Waals surface area (Å²) in [4.78, 5) is 1.26. The molecule has 1 aromatic rings. The lowest BCUT2D eigenvalue weighted by molar-refractivity contribution is -0.151. The van der Waals surface area contributed by atoms with Crippen LogP contribution in [0.4, 0.5) is 13.2 Å². The average molecular weight is 251 g/mol. The third-order valence-electron chi connectivity index (χ3n) is 2.34. The van der Waals surface area contributed by atoms with E-state index in [0.717, 1.165) is 0 Å². The van der Waals surface area contributed by atoms with Crippen molar-refractivity contribution in [2.45, 2.75) is 39.2 Å². The van der Waals surface area contributed by atoms with Crippen molar-refractivity contribution in [3.63, 3.8) is 0 Å². The van der Waals surface area contributed by atoms with E-state index in [1.54, 1.807) is 26.0 Å². The molecule has 6 heteroatoms. The molecule has 0 spiro atoms. The first kappa shape index (κ1) is 14.1. The number of alkyl halides is 3. The molecule has 0 aliphatic heterocycles. The van der Waals surface area contributed by atoms with Crippen molar-refractivity contribution < 1.29 is 22.7 Å². The van der Waals surface area contributed by atoms with Crippen LogP contribution in [-0.2, 0) is 13.2 Å². The summed E-state index contributed by atoms with van der Waals surface area (Å²) >= 11 is 0. The van der Waals surface area contributed by atoms with Crippen LogP contribution in [0.2, 0.25) is 0 Å². The maximum absolute atomic E-state index is 12.3. The lowest BCUT2D eigenvalue weighted by Gasteiger charge is -2.26. The molecule has 3 nitrogen and oxygen atoms in total. The summed E-state index contributed by atoms with van der Waals surface area (Å²) in [7, 11) is 0. The number of furan rings is 1. The lowest BCUT2D eigenvalue weighted by atomic mass is 10.3. The van der Waals surface area contributed by atoms with Crippen LogP contribution < -0.4 is 0 Å². The van der Waals surface area contributed by atoms with Gasteiger partial charge < -0.3 is 9.52 Å². The van der Waals surface area contributed by atoms with Crippen LogP contribution in [0.1, 0.15) is 25.4 Å². The first-order valence-corrected chi connectivity index (χ1v) is 5.31. The van der Waals surface area contributed by atoms with Gasteiger partial charge in [0, 0.05) is 6.04 Å². The number of halogens is 3. The Labute approximate surface area is 97.8 Å².